The molecule has 1 aromatic rings. The van der Waals surface area contributed by atoms with Crippen LogP contribution in [0.1, 0.15) is 38.7 Å². The third-order valence-corrected chi connectivity index (χ3v) is 4.81. The average Bonchev–Trinajstić information content (AvgIpc) is 2.58. The number of thioether (sulfide) groups is 1. The van der Waals surface area contributed by atoms with Crippen molar-refractivity contribution < 1.29 is 19.1 Å². The molecule has 0 fully saturated rings. The van der Waals surface area contributed by atoms with Crippen LogP contribution in [0.5, 0.6) is 5.75 Å². The normalized spacial score (nSPS) is 17.2. The summed E-state index contributed by atoms with van der Waals surface area (Å²) in [5.74, 6) is 1.62. The lowest BCUT2D eigenvalue weighted by Crippen LogP contribution is -2.34. The van der Waals surface area contributed by atoms with E-state index in [-0.39, 0.29) is 24.2 Å². The summed E-state index contributed by atoms with van der Waals surface area (Å²) in [6.07, 6.45) is 0.204. The fraction of sp³-hybridized carbons (Fsp3) is 0.474. The number of hydrogen-bond acceptors (Lipinski definition) is 5. The second-order valence-corrected chi connectivity index (χ2v) is 7.04. The van der Waals surface area contributed by atoms with Gasteiger partial charge in [-0.15, -0.1) is 0 Å². The molecule has 0 aliphatic carbocycles. The Morgan fingerprint density at radius 2 is 2.08 bits per heavy atom. The van der Waals surface area contributed by atoms with Crippen molar-refractivity contribution in [1.82, 2.24) is 5.32 Å². The van der Waals surface area contributed by atoms with E-state index in [1.54, 1.807) is 18.7 Å². The standard InChI is InChI=1S/C19H25NO4S/c1-4-23-16-9-7-6-8-14(16)15-12-17(21)20-13(3)18(15)19(22)24-10-11-25-5-2/h6-9,15H,4-5,10-12H2,1-3H3,(H,20,21)/t15-/m0/s1. The molecular weight excluding hydrogens is 338 g/mol. The number of carbonyl (C=O) groups is 2. The van der Waals surface area contributed by atoms with Gasteiger partial charge in [-0.3, -0.25) is 4.79 Å². The first kappa shape index (κ1) is 19.4. The van der Waals surface area contributed by atoms with Crippen LogP contribution >= 0.6 is 11.8 Å². The van der Waals surface area contributed by atoms with Crippen molar-refractivity contribution >= 4 is 23.6 Å². The fourth-order valence-electron chi connectivity index (χ4n) is 2.91. The predicted octanol–water partition coefficient (Wildman–Crippen LogP) is 3.26. The molecule has 136 valence electrons. The zero-order valence-corrected chi connectivity index (χ0v) is 15.8. The number of hydrogen-bond donors (Lipinski definition) is 1. The van der Waals surface area contributed by atoms with Gasteiger partial charge in [-0.2, -0.15) is 11.8 Å². The van der Waals surface area contributed by atoms with Gasteiger partial charge in [0, 0.05) is 29.4 Å². The Kier molecular flexibility index (Phi) is 7.37. The Bertz CT molecular complexity index is 657. The first-order valence-corrected chi connectivity index (χ1v) is 9.71. The molecule has 2 rings (SSSR count). The second-order valence-electron chi connectivity index (χ2n) is 5.65. The van der Waals surface area contributed by atoms with Crippen molar-refractivity contribution in [1.29, 1.82) is 0 Å². The molecule has 1 aromatic carbocycles. The molecule has 1 amide bonds. The lowest BCUT2D eigenvalue weighted by Gasteiger charge is -2.27. The Hall–Kier alpha value is -1.95. The highest BCUT2D eigenvalue weighted by molar-refractivity contribution is 7.99. The van der Waals surface area contributed by atoms with E-state index >= 15 is 0 Å². The summed E-state index contributed by atoms with van der Waals surface area (Å²) in [5.41, 5.74) is 1.90. The summed E-state index contributed by atoms with van der Waals surface area (Å²) >= 11 is 1.72. The molecule has 0 saturated heterocycles. The zero-order chi connectivity index (χ0) is 18.2. The summed E-state index contributed by atoms with van der Waals surface area (Å²) in [6, 6.07) is 7.54. The number of allylic oxidation sites excluding steroid dienone is 1. The maximum atomic E-state index is 12.6. The van der Waals surface area contributed by atoms with Crippen molar-refractivity contribution in [2.24, 2.45) is 0 Å². The van der Waals surface area contributed by atoms with Crippen LogP contribution in [0.15, 0.2) is 35.5 Å². The van der Waals surface area contributed by atoms with E-state index in [4.69, 9.17) is 9.47 Å². The van der Waals surface area contributed by atoms with Crippen molar-refractivity contribution in [2.45, 2.75) is 33.1 Å². The third kappa shape index (κ3) is 5.01. The molecule has 1 atom stereocenters. The fourth-order valence-corrected chi connectivity index (χ4v) is 3.40. The first-order valence-electron chi connectivity index (χ1n) is 8.55. The van der Waals surface area contributed by atoms with Crippen LogP contribution in [0.2, 0.25) is 0 Å². The predicted molar refractivity (Wildman–Crippen MR) is 99.8 cm³/mol. The summed E-state index contributed by atoms with van der Waals surface area (Å²) in [5, 5.41) is 2.76. The van der Waals surface area contributed by atoms with Crippen LogP contribution in [-0.4, -0.2) is 36.6 Å². The molecular formula is C19H25NO4S. The third-order valence-electron chi connectivity index (χ3n) is 3.95. The molecule has 0 spiro atoms. The molecule has 1 aliphatic heterocycles. The number of amides is 1. The van der Waals surface area contributed by atoms with E-state index in [2.05, 4.69) is 12.2 Å². The van der Waals surface area contributed by atoms with E-state index in [0.29, 0.717) is 30.2 Å². The molecule has 6 heteroatoms. The van der Waals surface area contributed by atoms with Gasteiger partial charge in [-0.25, -0.2) is 4.79 Å². The van der Waals surface area contributed by atoms with E-state index in [9.17, 15) is 9.59 Å². The highest BCUT2D eigenvalue weighted by atomic mass is 32.2. The van der Waals surface area contributed by atoms with Gasteiger partial charge < -0.3 is 14.8 Å². The minimum atomic E-state index is -0.370. The van der Waals surface area contributed by atoms with Gasteiger partial charge in [0.05, 0.1) is 12.2 Å². The lowest BCUT2D eigenvalue weighted by atomic mass is 9.84. The van der Waals surface area contributed by atoms with Gasteiger partial charge in [0.1, 0.15) is 12.4 Å². The van der Waals surface area contributed by atoms with Gasteiger partial charge in [-0.1, -0.05) is 25.1 Å². The van der Waals surface area contributed by atoms with Crippen LogP contribution in [0.25, 0.3) is 0 Å². The molecule has 0 saturated carbocycles. The van der Waals surface area contributed by atoms with Crippen LogP contribution in [0, 0.1) is 0 Å². The molecule has 0 radical (unpaired) electrons. The summed E-state index contributed by atoms with van der Waals surface area (Å²) < 4.78 is 11.1. The number of nitrogens with one attached hydrogen (secondary N) is 1. The molecule has 0 bridgehead atoms. The minimum absolute atomic E-state index is 0.105. The van der Waals surface area contributed by atoms with E-state index < -0.39 is 0 Å². The topological polar surface area (TPSA) is 64.6 Å². The number of esters is 1. The summed E-state index contributed by atoms with van der Waals surface area (Å²) in [6.45, 7) is 6.60. The molecule has 5 nitrogen and oxygen atoms in total. The monoisotopic (exact) mass is 363 g/mol. The Balaban J connectivity index is 2.29. The van der Waals surface area contributed by atoms with Crippen molar-refractivity contribution in [2.75, 3.05) is 24.7 Å². The van der Waals surface area contributed by atoms with Gasteiger partial charge in [0.2, 0.25) is 5.91 Å². The lowest BCUT2D eigenvalue weighted by molar-refractivity contribution is -0.139. The van der Waals surface area contributed by atoms with Crippen LogP contribution in [0.3, 0.4) is 0 Å². The van der Waals surface area contributed by atoms with Crippen LogP contribution < -0.4 is 10.1 Å². The summed E-state index contributed by atoms with van der Waals surface area (Å²) in [7, 11) is 0. The zero-order valence-electron chi connectivity index (χ0n) is 15.0. The first-order chi connectivity index (χ1) is 12.1. The molecule has 1 aliphatic rings. The van der Waals surface area contributed by atoms with Gasteiger partial charge in [-0.05, 0) is 25.7 Å². The highest BCUT2D eigenvalue weighted by Gasteiger charge is 2.34. The van der Waals surface area contributed by atoms with Gasteiger partial charge in [0.25, 0.3) is 0 Å². The van der Waals surface area contributed by atoms with Gasteiger partial charge in [0.15, 0.2) is 0 Å². The number of rotatable bonds is 8. The second kappa shape index (κ2) is 9.51. The number of benzene rings is 1. The molecule has 25 heavy (non-hydrogen) atoms. The van der Waals surface area contributed by atoms with Crippen LogP contribution in [0.4, 0.5) is 0 Å². The Labute approximate surface area is 153 Å². The summed E-state index contributed by atoms with van der Waals surface area (Å²) in [4.78, 5) is 24.7. The number of ether oxygens (including phenoxy) is 2. The Morgan fingerprint density at radius 3 is 2.80 bits per heavy atom. The van der Waals surface area contributed by atoms with Crippen LogP contribution in [-0.2, 0) is 14.3 Å². The van der Waals surface area contributed by atoms with E-state index in [1.165, 1.54) is 0 Å². The minimum Gasteiger partial charge on any atom is -0.494 e. The van der Waals surface area contributed by atoms with E-state index in [0.717, 1.165) is 17.1 Å². The number of carbonyl (C=O) groups excluding carboxylic acids is 2. The molecule has 1 heterocycles. The van der Waals surface area contributed by atoms with Gasteiger partial charge >= 0.3 is 5.97 Å². The smallest absolute Gasteiger partial charge is 0.336 e. The maximum Gasteiger partial charge on any atom is 0.336 e. The largest absolute Gasteiger partial charge is 0.494 e. The molecule has 0 aromatic heterocycles. The SMILES string of the molecule is CCOc1ccccc1[C@@H]1CC(=O)NC(C)=C1C(=O)OCCSCC. The van der Waals surface area contributed by atoms with Crippen molar-refractivity contribution in [3.05, 3.63) is 41.1 Å². The van der Waals surface area contributed by atoms with Crippen molar-refractivity contribution in [3.8, 4) is 5.75 Å². The number of para-hydroxylation sites is 1. The molecule has 0 unspecified atom stereocenters. The average molecular weight is 363 g/mol. The molecule has 1 N–H and O–H groups in total. The maximum absolute atomic E-state index is 12.6. The van der Waals surface area contributed by atoms with E-state index in [1.807, 2.05) is 31.2 Å². The highest BCUT2D eigenvalue weighted by Crippen LogP contribution is 2.38. The Morgan fingerprint density at radius 1 is 1.32 bits per heavy atom. The van der Waals surface area contributed by atoms with Crippen molar-refractivity contribution in [3.63, 3.8) is 0 Å². The quantitative estimate of drug-likeness (QED) is 0.567.